The zero-order valence-corrected chi connectivity index (χ0v) is 28.6. The maximum Gasteiger partial charge on any atom is 0.262 e. The van der Waals surface area contributed by atoms with Crippen LogP contribution in [-0.4, -0.2) is 48.0 Å². The summed E-state index contributed by atoms with van der Waals surface area (Å²) >= 11 is 1.12. The van der Waals surface area contributed by atoms with Gasteiger partial charge < -0.3 is 14.8 Å². The molecule has 13 nitrogen and oxygen atoms in total. The molecule has 50 heavy (non-hydrogen) atoms. The molecule has 4 aromatic carbocycles. The average Bonchev–Trinajstić information content (AvgIpc) is 3.59. The van der Waals surface area contributed by atoms with Crippen LogP contribution in [0.3, 0.4) is 0 Å². The molecule has 0 unspecified atom stereocenters. The molecule has 0 fully saturated rings. The van der Waals surface area contributed by atoms with Gasteiger partial charge in [-0.2, -0.15) is 5.10 Å². The van der Waals surface area contributed by atoms with Gasteiger partial charge in [0.15, 0.2) is 16.7 Å². The van der Waals surface area contributed by atoms with Gasteiger partial charge in [-0.05, 0) is 78.7 Å². The molecule has 0 atom stereocenters. The van der Waals surface area contributed by atoms with E-state index in [1.54, 1.807) is 68.4 Å². The summed E-state index contributed by atoms with van der Waals surface area (Å²) < 4.78 is 40.7. The van der Waals surface area contributed by atoms with Crippen molar-refractivity contribution < 1.29 is 27.5 Å². The van der Waals surface area contributed by atoms with Gasteiger partial charge in [0, 0.05) is 17.8 Å². The van der Waals surface area contributed by atoms with Crippen molar-refractivity contribution in [3.63, 3.8) is 0 Å². The van der Waals surface area contributed by atoms with Crippen molar-refractivity contribution >= 4 is 61.6 Å². The SMILES string of the molecule is CCC(=O)Nc1ccc(S(=O)(=O)Nc2ccc(/C(C)=N/NC(=O)CSc3nc4ccccc4c(=O)n3Cc3ccc4c(c3)OCO4)cc2)cc1. The number of carbonyl (C=O) groups excluding carboxylic acids is 2. The highest BCUT2D eigenvalue weighted by Crippen LogP contribution is 2.33. The van der Waals surface area contributed by atoms with E-state index in [0.717, 1.165) is 17.3 Å². The Kier molecular flexibility index (Phi) is 10.2. The largest absolute Gasteiger partial charge is 0.454 e. The summed E-state index contributed by atoms with van der Waals surface area (Å²) in [7, 11) is -3.88. The van der Waals surface area contributed by atoms with E-state index in [9.17, 15) is 22.8 Å². The molecule has 0 saturated carbocycles. The summed E-state index contributed by atoms with van der Waals surface area (Å²) in [5.41, 5.74) is 5.63. The van der Waals surface area contributed by atoms with E-state index in [2.05, 4.69) is 25.6 Å². The Morgan fingerprint density at radius 1 is 0.920 bits per heavy atom. The number of para-hydroxylation sites is 1. The minimum atomic E-state index is -3.88. The van der Waals surface area contributed by atoms with Crippen molar-refractivity contribution in [2.24, 2.45) is 5.10 Å². The first kappa shape index (κ1) is 34.2. The lowest BCUT2D eigenvalue weighted by Gasteiger charge is -2.13. The van der Waals surface area contributed by atoms with E-state index in [4.69, 9.17) is 9.47 Å². The van der Waals surface area contributed by atoms with Crippen LogP contribution in [0.2, 0.25) is 0 Å². The molecule has 1 aliphatic rings. The summed E-state index contributed by atoms with van der Waals surface area (Å²) in [5, 5.41) is 7.72. The maximum absolute atomic E-state index is 13.5. The highest BCUT2D eigenvalue weighted by atomic mass is 32.2. The van der Waals surface area contributed by atoms with Gasteiger partial charge in [0.1, 0.15) is 0 Å². The molecule has 1 aliphatic heterocycles. The number of carbonyl (C=O) groups is 2. The van der Waals surface area contributed by atoms with E-state index >= 15 is 0 Å². The Morgan fingerprint density at radius 3 is 2.40 bits per heavy atom. The quantitative estimate of drug-likeness (QED) is 0.0701. The minimum Gasteiger partial charge on any atom is -0.454 e. The second-order valence-corrected chi connectivity index (χ2v) is 13.7. The number of ether oxygens (including phenoxy) is 2. The van der Waals surface area contributed by atoms with Gasteiger partial charge in [-0.15, -0.1) is 0 Å². The summed E-state index contributed by atoms with van der Waals surface area (Å²) in [6.07, 6.45) is 0.312. The number of rotatable bonds is 12. The zero-order valence-electron chi connectivity index (χ0n) is 27.0. The van der Waals surface area contributed by atoms with Gasteiger partial charge >= 0.3 is 0 Å². The molecule has 1 aromatic heterocycles. The van der Waals surface area contributed by atoms with Crippen molar-refractivity contribution in [3.8, 4) is 11.5 Å². The van der Waals surface area contributed by atoms with Crippen LogP contribution in [0.5, 0.6) is 11.5 Å². The van der Waals surface area contributed by atoms with Crippen molar-refractivity contribution in [3.05, 3.63) is 112 Å². The molecule has 2 amide bonds. The first-order valence-electron chi connectivity index (χ1n) is 15.5. The number of aromatic nitrogens is 2. The van der Waals surface area contributed by atoms with Gasteiger partial charge in [0.25, 0.3) is 21.5 Å². The van der Waals surface area contributed by atoms with Crippen LogP contribution in [0.25, 0.3) is 10.9 Å². The third-order valence-electron chi connectivity index (χ3n) is 7.61. The molecule has 0 aliphatic carbocycles. The Balaban J connectivity index is 1.09. The number of benzene rings is 4. The second kappa shape index (κ2) is 14.8. The van der Waals surface area contributed by atoms with E-state index in [0.29, 0.717) is 56.6 Å². The number of sulfonamides is 1. The molecule has 5 aromatic rings. The number of hydrazone groups is 1. The Bertz CT molecular complexity index is 2270. The number of thioether (sulfide) groups is 1. The average molecular weight is 713 g/mol. The topological polar surface area (TPSA) is 170 Å². The van der Waals surface area contributed by atoms with E-state index in [1.807, 2.05) is 12.1 Å². The molecule has 256 valence electrons. The Morgan fingerprint density at radius 2 is 1.64 bits per heavy atom. The Labute approximate surface area is 291 Å². The molecule has 0 bridgehead atoms. The fourth-order valence-electron chi connectivity index (χ4n) is 4.95. The van der Waals surface area contributed by atoms with Crippen LogP contribution in [0.4, 0.5) is 11.4 Å². The normalized spacial score (nSPS) is 12.5. The highest BCUT2D eigenvalue weighted by Gasteiger charge is 2.18. The molecule has 6 rings (SSSR count). The van der Waals surface area contributed by atoms with Gasteiger partial charge in [-0.1, -0.05) is 49.0 Å². The number of hydrogen-bond donors (Lipinski definition) is 3. The van der Waals surface area contributed by atoms with Crippen LogP contribution in [0, 0.1) is 0 Å². The van der Waals surface area contributed by atoms with Crippen LogP contribution in [-0.2, 0) is 26.2 Å². The summed E-state index contributed by atoms with van der Waals surface area (Å²) in [6.45, 7) is 3.79. The van der Waals surface area contributed by atoms with Crippen molar-refractivity contribution in [2.75, 3.05) is 22.6 Å². The third kappa shape index (κ3) is 7.96. The molecule has 15 heteroatoms. The maximum atomic E-state index is 13.5. The number of nitrogens with one attached hydrogen (secondary N) is 3. The molecule has 2 heterocycles. The predicted molar refractivity (Wildman–Crippen MR) is 191 cm³/mol. The van der Waals surface area contributed by atoms with Gasteiger partial charge in [0.05, 0.1) is 33.8 Å². The number of hydrogen-bond acceptors (Lipinski definition) is 10. The predicted octanol–water partition coefficient (Wildman–Crippen LogP) is 4.96. The molecule has 0 radical (unpaired) electrons. The fraction of sp³-hybridized carbons (Fsp3) is 0.171. The van der Waals surface area contributed by atoms with Gasteiger partial charge in [-0.25, -0.2) is 18.8 Å². The van der Waals surface area contributed by atoms with Crippen molar-refractivity contribution in [2.45, 2.75) is 36.9 Å². The van der Waals surface area contributed by atoms with Crippen LogP contribution in [0.1, 0.15) is 31.4 Å². The van der Waals surface area contributed by atoms with E-state index < -0.39 is 15.9 Å². The zero-order chi connectivity index (χ0) is 35.3. The molecular weight excluding hydrogens is 681 g/mol. The number of nitrogens with zero attached hydrogens (tertiary/aromatic N) is 3. The van der Waals surface area contributed by atoms with Crippen molar-refractivity contribution in [1.29, 1.82) is 0 Å². The molecule has 0 spiro atoms. The molecule has 0 saturated heterocycles. The number of anilines is 2. The summed E-state index contributed by atoms with van der Waals surface area (Å²) in [6, 6.07) is 24.9. The van der Waals surface area contributed by atoms with Gasteiger partial charge in [0.2, 0.25) is 12.7 Å². The van der Waals surface area contributed by atoms with E-state index in [1.165, 1.54) is 28.8 Å². The standard InChI is InChI=1S/C35H32N6O7S2/c1-3-32(42)36-25-13-15-27(16-14-25)50(45,46)40-26-11-9-24(10-12-26)22(2)38-39-33(43)20-49-35-37-29-7-5-4-6-28(29)34(44)41(35)19-23-8-17-30-31(18-23)48-21-47-30/h4-18,40H,3,19-21H2,1-2H3,(H,36,42)(H,39,43)/b38-22+. The minimum absolute atomic E-state index is 0.0400. The first-order chi connectivity index (χ1) is 24.1. The highest BCUT2D eigenvalue weighted by molar-refractivity contribution is 7.99. The lowest BCUT2D eigenvalue weighted by Crippen LogP contribution is -2.26. The lowest BCUT2D eigenvalue weighted by atomic mass is 10.1. The second-order valence-electron chi connectivity index (χ2n) is 11.1. The van der Waals surface area contributed by atoms with Crippen molar-refractivity contribution in [1.82, 2.24) is 15.0 Å². The monoisotopic (exact) mass is 712 g/mol. The van der Waals surface area contributed by atoms with Gasteiger partial charge in [-0.3, -0.25) is 23.7 Å². The fourth-order valence-corrected chi connectivity index (χ4v) is 6.80. The molecule has 3 N–H and O–H groups in total. The first-order valence-corrected chi connectivity index (χ1v) is 17.9. The third-order valence-corrected chi connectivity index (χ3v) is 9.98. The summed E-state index contributed by atoms with van der Waals surface area (Å²) in [4.78, 5) is 42.7. The van der Waals surface area contributed by atoms with Crippen LogP contribution < -0.4 is 30.5 Å². The summed E-state index contributed by atoms with van der Waals surface area (Å²) in [5.74, 6) is 0.602. The smallest absolute Gasteiger partial charge is 0.262 e. The van der Waals surface area contributed by atoms with Crippen LogP contribution in [0.15, 0.2) is 111 Å². The number of fused-ring (bicyclic) bond motifs is 2. The molecular formula is C35H32N6O7S2. The van der Waals surface area contributed by atoms with Crippen LogP contribution >= 0.6 is 11.8 Å². The van der Waals surface area contributed by atoms with E-state index in [-0.39, 0.29) is 35.5 Å². The number of amides is 2. The Hall–Kier alpha value is -5.67. The lowest BCUT2D eigenvalue weighted by molar-refractivity contribution is -0.118.